The Bertz CT molecular complexity index is 520. The van der Waals surface area contributed by atoms with E-state index in [9.17, 15) is 8.42 Å². The normalized spacial score (nSPS) is 20.0. The van der Waals surface area contributed by atoms with E-state index in [1.165, 1.54) is 24.0 Å². The van der Waals surface area contributed by atoms with Crippen molar-refractivity contribution in [2.45, 2.75) is 51.6 Å². The topological polar surface area (TPSA) is 65.1 Å². The minimum Gasteiger partial charge on any atom is -0.353 e. The fourth-order valence-corrected chi connectivity index (χ4v) is 4.05. The molecule has 0 radical (unpaired) electrons. The number of sulfone groups is 1. The first-order valence-electron chi connectivity index (χ1n) is 7.16. The number of hydrogen-bond acceptors (Lipinski definition) is 3. The third kappa shape index (κ3) is 3.83. The van der Waals surface area contributed by atoms with E-state index in [1.54, 1.807) is 0 Å². The predicted octanol–water partition coefficient (Wildman–Crippen LogP) is 2.04. The van der Waals surface area contributed by atoms with Gasteiger partial charge in [0.25, 0.3) is 0 Å². The molecule has 19 heavy (non-hydrogen) atoms. The van der Waals surface area contributed by atoms with Crippen molar-refractivity contribution in [1.82, 2.24) is 4.57 Å². The van der Waals surface area contributed by atoms with Gasteiger partial charge in [0.1, 0.15) is 0 Å². The molecule has 2 rings (SSSR count). The number of nitrogens with zero attached hydrogens (tertiary/aromatic N) is 1. The van der Waals surface area contributed by atoms with E-state index in [0.717, 1.165) is 12.8 Å². The summed E-state index contributed by atoms with van der Waals surface area (Å²) in [4.78, 5) is 0. The van der Waals surface area contributed by atoms with E-state index in [-0.39, 0.29) is 17.5 Å². The van der Waals surface area contributed by atoms with Crippen molar-refractivity contribution in [2.75, 3.05) is 11.5 Å². The quantitative estimate of drug-likeness (QED) is 0.841. The summed E-state index contributed by atoms with van der Waals surface area (Å²) in [5.74, 6) is 0.511. The Morgan fingerprint density at radius 1 is 1.32 bits per heavy atom. The van der Waals surface area contributed by atoms with Crippen LogP contribution >= 0.6 is 0 Å². The second-order valence-corrected chi connectivity index (χ2v) is 7.78. The van der Waals surface area contributed by atoms with Crippen LogP contribution in [0, 0.1) is 0 Å². The van der Waals surface area contributed by atoms with Gasteiger partial charge in [0.15, 0.2) is 9.84 Å². The standard InChI is InChI=1S/C14H24N2O2S/c1-2-8-19(17,18)9-7-16-10-12-5-3-4-6-14(15)13(12)11-16/h10-11,14H,2-9,15H2,1H3. The van der Waals surface area contributed by atoms with Gasteiger partial charge >= 0.3 is 0 Å². The van der Waals surface area contributed by atoms with E-state index in [2.05, 4.69) is 6.20 Å². The Morgan fingerprint density at radius 3 is 2.84 bits per heavy atom. The number of aromatic nitrogens is 1. The molecule has 0 saturated heterocycles. The first kappa shape index (κ1) is 14.6. The van der Waals surface area contributed by atoms with Crippen LogP contribution < -0.4 is 5.73 Å². The number of rotatable bonds is 5. The third-order valence-corrected chi connectivity index (χ3v) is 5.62. The number of hydrogen-bond donors (Lipinski definition) is 1. The van der Waals surface area contributed by atoms with Gasteiger partial charge in [-0.25, -0.2) is 8.42 Å². The fourth-order valence-electron chi connectivity index (χ4n) is 2.74. The Hall–Kier alpha value is -0.810. The fraction of sp³-hybridized carbons (Fsp3) is 0.714. The molecule has 108 valence electrons. The molecule has 0 spiro atoms. The molecule has 0 fully saturated rings. The summed E-state index contributed by atoms with van der Waals surface area (Å²) in [6, 6.07) is 0.117. The minimum absolute atomic E-state index is 0.117. The summed E-state index contributed by atoms with van der Waals surface area (Å²) in [5.41, 5.74) is 8.67. The molecule has 1 aromatic rings. The molecule has 5 heteroatoms. The van der Waals surface area contributed by atoms with Crippen LogP contribution in [-0.2, 0) is 22.8 Å². The van der Waals surface area contributed by atoms with Gasteiger partial charge in [0, 0.05) is 30.7 Å². The second kappa shape index (κ2) is 6.09. The lowest BCUT2D eigenvalue weighted by atomic mass is 10.1. The molecule has 0 bridgehead atoms. The molecule has 2 N–H and O–H groups in total. The van der Waals surface area contributed by atoms with E-state index >= 15 is 0 Å². The van der Waals surface area contributed by atoms with Crippen LogP contribution in [0.2, 0.25) is 0 Å². The van der Waals surface area contributed by atoms with Crippen LogP contribution in [0.5, 0.6) is 0 Å². The average molecular weight is 284 g/mol. The summed E-state index contributed by atoms with van der Waals surface area (Å²) in [6.45, 7) is 2.44. The van der Waals surface area contributed by atoms with Crippen molar-refractivity contribution in [1.29, 1.82) is 0 Å². The summed E-state index contributed by atoms with van der Waals surface area (Å²) >= 11 is 0. The second-order valence-electron chi connectivity index (χ2n) is 5.48. The highest BCUT2D eigenvalue weighted by atomic mass is 32.2. The van der Waals surface area contributed by atoms with Gasteiger partial charge in [-0.2, -0.15) is 0 Å². The Kier molecular flexibility index (Phi) is 4.68. The zero-order valence-corrected chi connectivity index (χ0v) is 12.5. The molecule has 1 aliphatic rings. The Labute approximate surface area is 115 Å². The van der Waals surface area contributed by atoms with E-state index in [4.69, 9.17) is 5.73 Å². The van der Waals surface area contributed by atoms with Crippen molar-refractivity contribution in [3.8, 4) is 0 Å². The van der Waals surface area contributed by atoms with E-state index in [0.29, 0.717) is 13.0 Å². The zero-order chi connectivity index (χ0) is 13.9. The smallest absolute Gasteiger partial charge is 0.152 e. The molecule has 1 atom stereocenters. The average Bonchev–Trinajstić information content (AvgIpc) is 2.68. The molecule has 1 aliphatic carbocycles. The van der Waals surface area contributed by atoms with Gasteiger partial charge in [-0.1, -0.05) is 13.3 Å². The van der Waals surface area contributed by atoms with Gasteiger partial charge in [-0.05, 0) is 36.8 Å². The molecule has 1 aromatic heterocycles. The summed E-state index contributed by atoms with van der Waals surface area (Å²) in [6.07, 6.45) is 9.28. The molecule has 1 unspecified atom stereocenters. The van der Waals surface area contributed by atoms with Crippen LogP contribution in [0.15, 0.2) is 12.4 Å². The van der Waals surface area contributed by atoms with Crippen molar-refractivity contribution in [3.63, 3.8) is 0 Å². The highest BCUT2D eigenvalue weighted by molar-refractivity contribution is 7.91. The molecule has 0 aromatic carbocycles. The van der Waals surface area contributed by atoms with Gasteiger partial charge < -0.3 is 10.3 Å². The maximum absolute atomic E-state index is 11.7. The molecule has 1 heterocycles. The van der Waals surface area contributed by atoms with Crippen molar-refractivity contribution >= 4 is 9.84 Å². The first-order valence-corrected chi connectivity index (χ1v) is 8.98. The van der Waals surface area contributed by atoms with E-state index in [1.807, 2.05) is 17.7 Å². The molecule has 4 nitrogen and oxygen atoms in total. The van der Waals surface area contributed by atoms with Crippen LogP contribution in [0.1, 0.15) is 49.8 Å². The molecule has 0 saturated carbocycles. The summed E-state index contributed by atoms with van der Waals surface area (Å²) < 4.78 is 25.5. The van der Waals surface area contributed by atoms with Crippen molar-refractivity contribution in [3.05, 3.63) is 23.5 Å². The number of fused-ring (bicyclic) bond motifs is 1. The number of nitrogens with two attached hydrogens (primary N) is 1. The van der Waals surface area contributed by atoms with Crippen molar-refractivity contribution < 1.29 is 8.42 Å². The van der Waals surface area contributed by atoms with Crippen LogP contribution in [0.25, 0.3) is 0 Å². The van der Waals surface area contributed by atoms with Crippen LogP contribution in [-0.4, -0.2) is 24.5 Å². The largest absolute Gasteiger partial charge is 0.353 e. The van der Waals surface area contributed by atoms with E-state index < -0.39 is 9.84 Å². The monoisotopic (exact) mass is 284 g/mol. The Balaban J connectivity index is 2.05. The first-order chi connectivity index (χ1) is 9.02. The van der Waals surface area contributed by atoms with Gasteiger partial charge in [-0.3, -0.25) is 0 Å². The van der Waals surface area contributed by atoms with Gasteiger partial charge in [-0.15, -0.1) is 0 Å². The molecular weight excluding hydrogens is 260 g/mol. The lowest BCUT2D eigenvalue weighted by molar-refractivity contribution is 0.586. The minimum atomic E-state index is -2.90. The molecule has 0 amide bonds. The van der Waals surface area contributed by atoms with Crippen molar-refractivity contribution in [2.24, 2.45) is 5.73 Å². The lowest BCUT2D eigenvalue weighted by Gasteiger charge is -2.07. The zero-order valence-electron chi connectivity index (χ0n) is 11.6. The molecular formula is C14H24N2O2S. The van der Waals surface area contributed by atoms with Crippen LogP contribution in [0.4, 0.5) is 0 Å². The van der Waals surface area contributed by atoms with Gasteiger partial charge in [0.2, 0.25) is 0 Å². The van der Waals surface area contributed by atoms with Gasteiger partial charge in [0.05, 0.1) is 5.75 Å². The summed E-state index contributed by atoms with van der Waals surface area (Å²) in [5, 5.41) is 0. The maximum atomic E-state index is 11.7. The SMILES string of the molecule is CCCS(=O)(=O)CCn1cc2c(c1)C(N)CCCC2. The molecule has 0 aliphatic heterocycles. The predicted molar refractivity (Wildman–Crippen MR) is 77.9 cm³/mol. The third-order valence-electron chi connectivity index (χ3n) is 3.78. The summed E-state index contributed by atoms with van der Waals surface area (Å²) in [7, 11) is -2.90. The number of aryl methyl sites for hydroxylation is 2. The van der Waals surface area contributed by atoms with Crippen LogP contribution in [0.3, 0.4) is 0 Å². The maximum Gasteiger partial charge on any atom is 0.152 e. The Morgan fingerprint density at radius 2 is 2.11 bits per heavy atom. The lowest BCUT2D eigenvalue weighted by Crippen LogP contribution is -2.15. The highest BCUT2D eigenvalue weighted by Gasteiger charge is 2.18. The highest BCUT2D eigenvalue weighted by Crippen LogP contribution is 2.27.